The Hall–Kier alpha value is -2.90. The van der Waals surface area contributed by atoms with Gasteiger partial charge in [0.25, 0.3) is 0 Å². The van der Waals surface area contributed by atoms with E-state index in [-0.39, 0.29) is 24.1 Å². The molecule has 0 saturated carbocycles. The molecule has 8 heteroatoms. The number of amidine groups is 1. The van der Waals surface area contributed by atoms with E-state index in [1.165, 1.54) is 0 Å². The van der Waals surface area contributed by atoms with E-state index < -0.39 is 0 Å². The number of carbonyl (C=O) groups excluding carboxylic acids is 1. The smallest absolute Gasteiger partial charge is 0.219 e. The normalized spacial score (nSPS) is 20.3. The fourth-order valence-corrected chi connectivity index (χ4v) is 3.43. The summed E-state index contributed by atoms with van der Waals surface area (Å²) >= 11 is 0. The van der Waals surface area contributed by atoms with Gasteiger partial charge >= 0.3 is 0 Å². The maximum atomic E-state index is 14.2. The van der Waals surface area contributed by atoms with Crippen molar-refractivity contribution in [1.82, 2.24) is 25.5 Å². The quantitative estimate of drug-likeness (QED) is 0.775. The fraction of sp³-hybridized carbons (Fsp3) is 0.389. The third-order valence-electron chi connectivity index (χ3n) is 4.89. The van der Waals surface area contributed by atoms with Gasteiger partial charge in [-0.3, -0.25) is 4.79 Å². The number of likely N-dealkylation sites (tertiary alicyclic amines) is 1. The Morgan fingerprint density at radius 3 is 3.19 bits per heavy atom. The maximum absolute atomic E-state index is 14.2. The predicted octanol–water partition coefficient (Wildman–Crippen LogP) is 1.51. The number of fused-ring (bicyclic) bond motifs is 1. The van der Waals surface area contributed by atoms with Crippen LogP contribution in [0, 0.1) is 5.92 Å². The van der Waals surface area contributed by atoms with Crippen LogP contribution in [-0.2, 0) is 4.79 Å². The van der Waals surface area contributed by atoms with E-state index in [2.05, 4.69) is 25.6 Å². The number of pyridine rings is 1. The Balaban J connectivity index is 1.49. The molecule has 1 fully saturated rings. The first-order valence-electron chi connectivity index (χ1n) is 8.75. The number of aromatic amines is 1. The van der Waals surface area contributed by atoms with Crippen LogP contribution in [-0.4, -0.2) is 52.8 Å². The number of rotatable bonds is 4. The summed E-state index contributed by atoms with van der Waals surface area (Å²) in [6.45, 7) is 3.75. The van der Waals surface area contributed by atoms with Crippen LogP contribution in [0.25, 0.3) is 11.0 Å². The molecule has 7 nitrogen and oxygen atoms in total. The van der Waals surface area contributed by atoms with Gasteiger partial charge in [0.15, 0.2) is 11.6 Å². The zero-order valence-corrected chi connectivity index (χ0v) is 14.6. The molecule has 4 heterocycles. The van der Waals surface area contributed by atoms with E-state index >= 15 is 0 Å². The van der Waals surface area contributed by atoms with Crippen molar-refractivity contribution in [2.75, 3.05) is 26.2 Å². The highest BCUT2D eigenvalue weighted by molar-refractivity contribution is 6.09. The molecule has 2 aliphatic heterocycles. The Labute approximate surface area is 150 Å². The van der Waals surface area contributed by atoms with Crippen molar-refractivity contribution in [3.63, 3.8) is 0 Å². The topological polar surface area (TPSA) is 85.4 Å². The third-order valence-corrected chi connectivity index (χ3v) is 4.89. The van der Waals surface area contributed by atoms with E-state index in [0.29, 0.717) is 24.8 Å². The highest BCUT2D eigenvalue weighted by Crippen LogP contribution is 2.20. The van der Waals surface area contributed by atoms with E-state index in [4.69, 9.17) is 0 Å². The Morgan fingerprint density at radius 1 is 1.50 bits per heavy atom. The van der Waals surface area contributed by atoms with Gasteiger partial charge in [-0.25, -0.2) is 14.4 Å². The minimum Gasteiger partial charge on any atom is -0.367 e. The molecule has 1 saturated heterocycles. The van der Waals surface area contributed by atoms with E-state index in [1.807, 2.05) is 23.2 Å². The standard InChI is InChI=1S/C18H21FN6O/c1-11(26)25-6-4-12(10-25)7-21-18-15(19)9-23-17(24-18)14-8-22-16-13(14)3-2-5-20-16/h2-3,5,8,12,21H,4,6-7,9-10H2,1H3,(H,20,22)(H,23,24)/t12-/m1/s1. The van der Waals surface area contributed by atoms with Gasteiger partial charge in [-0.05, 0) is 24.5 Å². The summed E-state index contributed by atoms with van der Waals surface area (Å²) in [6.07, 6.45) is 4.47. The van der Waals surface area contributed by atoms with Crippen molar-refractivity contribution < 1.29 is 9.18 Å². The minimum absolute atomic E-state index is 0.0908. The van der Waals surface area contributed by atoms with Crippen LogP contribution in [0.15, 0.2) is 41.2 Å². The third kappa shape index (κ3) is 3.14. The lowest BCUT2D eigenvalue weighted by Gasteiger charge is -2.19. The summed E-state index contributed by atoms with van der Waals surface area (Å²) in [5, 5.41) is 7.08. The Morgan fingerprint density at radius 2 is 2.38 bits per heavy atom. The molecule has 2 aromatic rings. The Kier molecular flexibility index (Phi) is 4.32. The molecule has 4 rings (SSSR count). The van der Waals surface area contributed by atoms with Gasteiger partial charge in [0, 0.05) is 49.9 Å². The largest absolute Gasteiger partial charge is 0.367 e. The van der Waals surface area contributed by atoms with Crippen LogP contribution >= 0.6 is 0 Å². The van der Waals surface area contributed by atoms with Crippen LogP contribution in [0.3, 0.4) is 0 Å². The molecule has 3 N–H and O–H groups in total. The van der Waals surface area contributed by atoms with E-state index in [0.717, 1.165) is 29.6 Å². The Bertz CT molecular complexity index is 902. The average Bonchev–Trinajstić information content (AvgIpc) is 3.28. The van der Waals surface area contributed by atoms with Crippen molar-refractivity contribution >= 4 is 22.8 Å². The lowest BCUT2D eigenvalue weighted by atomic mass is 10.1. The second-order valence-electron chi connectivity index (χ2n) is 6.67. The molecule has 0 bridgehead atoms. The summed E-state index contributed by atoms with van der Waals surface area (Å²) in [7, 11) is 0. The molecule has 136 valence electrons. The van der Waals surface area contributed by atoms with Gasteiger partial charge in [-0.2, -0.15) is 0 Å². The number of hydrogen-bond donors (Lipinski definition) is 3. The summed E-state index contributed by atoms with van der Waals surface area (Å²) in [4.78, 5) is 25.1. The molecule has 2 aliphatic rings. The first-order chi connectivity index (χ1) is 12.6. The molecule has 26 heavy (non-hydrogen) atoms. The second kappa shape index (κ2) is 6.78. The van der Waals surface area contributed by atoms with E-state index in [9.17, 15) is 9.18 Å². The number of carbonyl (C=O) groups is 1. The molecule has 0 unspecified atom stereocenters. The van der Waals surface area contributed by atoms with Crippen LogP contribution in [0.4, 0.5) is 4.39 Å². The van der Waals surface area contributed by atoms with Crippen molar-refractivity contribution in [2.45, 2.75) is 13.3 Å². The summed E-state index contributed by atoms with van der Waals surface area (Å²) < 4.78 is 14.2. The molecule has 0 spiro atoms. The number of hydrogen-bond acceptors (Lipinski definition) is 5. The number of aliphatic imine (C=N–C) groups is 1. The molecule has 1 amide bonds. The second-order valence-corrected chi connectivity index (χ2v) is 6.67. The average molecular weight is 356 g/mol. The summed E-state index contributed by atoms with van der Waals surface area (Å²) in [5.74, 6) is 0.967. The van der Waals surface area contributed by atoms with Gasteiger partial charge < -0.3 is 20.5 Å². The van der Waals surface area contributed by atoms with Crippen LogP contribution < -0.4 is 10.6 Å². The van der Waals surface area contributed by atoms with Crippen molar-refractivity contribution in [1.29, 1.82) is 0 Å². The number of aromatic nitrogens is 2. The summed E-state index contributed by atoms with van der Waals surface area (Å²) in [5.41, 5.74) is 1.63. The van der Waals surface area contributed by atoms with Crippen molar-refractivity contribution in [3.05, 3.63) is 41.7 Å². The van der Waals surface area contributed by atoms with Gasteiger partial charge in [-0.1, -0.05) is 0 Å². The number of nitrogens with zero attached hydrogens (tertiary/aromatic N) is 3. The molecular weight excluding hydrogens is 335 g/mol. The molecule has 0 aromatic carbocycles. The van der Waals surface area contributed by atoms with Gasteiger partial charge in [0.1, 0.15) is 11.5 Å². The van der Waals surface area contributed by atoms with Gasteiger partial charge in [0.2, 0.25) is 5.91 Å². The monoisotopic (exact) mass is 356 g/mol. The van der Waals surface area contributed by atoms with Crippen molar-refractivity contribution in [2.24, 2.45) is 10.9 Å². The van der Waals surface area contributed by atoms with Crippen molar-refractivity contribution in [3.8, 4) is 0 Å². The highest BCUT2D eigenvalue weighted by Gasteiger charge is 2.25. The molecule has 0 aliphatic carbocycles. The number of amides is 1. The van der Waals surface area contributed by atoms with E-state index in [1.54, 1.807) is 13.1 Å². The van der Waals surface area contributed by atoms with Gasteiger partial charge in [-0.15, -0.1) is 0 Å². The summed E-state index contributed by atoms with van der Waals surface area (Å²) in [6, 6.07) is 3.81. The minimum atomic E-state index is -0.312. The number of nitrogens with one attached hydrogen (secondary N) is 3. The van der Waals surface area contributed by atoms with Crippen LogP contribution in [0.2, 0.25) is 0 Å². The molecule has 1 atom stereocenters. The van der Waals surface area contributed by atoms with Crippen LogP contribution in [0.5, 0.6) is 0 Å². The zero-order valence-electron chi connectivity index (χ0n) is 14.6. The lowest BCUT2D eigenvalue weighted by Crippen LogP contribution is -2.34. The SMILES string of the molecule is CC(=O)N1CC[C@H](CNC2=C(F)CNC(c3c[nH]c4ncccc34)=N2)C1. The lowest BCUT2D eigenvalue weighted by molar-refractivity contribution is -0.127. The molecular formula is C18H21FN6O. The predicted molar refractivity (Wildman–Crippen MR) is 97.1 cm³/mol. The van der Waals surface area contributed by atoms with Crippen LogP contribution in [0.1, 0.15) is 18.9 Å². The first-order valence-corrected chi connectivity index (χ1v) is 8.75. The zero-order chi connectivity index (χ0) is 18.1. The number of halogens is 1. The molecule has 2 aromatic heterocycles. The van der Waals surface area contributed by atoms with Gasteiger partial charge in [0.05, 0.1) is 6.54 Å². The number of H-pyrrole nitrogens is 1. The highest BCUT2D eigenvalue weighted by atomic mass is 19.1. The fourth-order valence-electron chi connectivity index (χ4n) is 3.43. The molecule has 0 radical (unpaired) electrons. The maximum Gasteiger partial charge on any atom is 0.219 e. The first kappa shape index (κ1) is 16.6.